The summed E-state index contributed by atoms with van der Waals surface area (Å²) in [7, 11) is 0. The summed E-state index contributed by atoms with van der Waals surface area (Å²) < 4.78 is 5.13. The van der Waals surface area contributed by atoms with Gasteiger partial charge in [-0.15, -0.1) is 6.58 Å². The maximum atomic E-state index is 11.5. The van der Waals surface area contributed by atoms with Crippen molar-refractivity contribution in [2.75, 3.05) is 19.8 Å². The molecule has 0 saturated carbocycles. The molecule has 0 heterocycles. The van der Waals surface area contributed by atoms with Gasteiger partial charge in [0.15, 0.2) is 0 Å². The lowest BCUT2D eigenvalue weighted by Gasteiger charge is -2.05. The van der Waals surface area contributed by atoms with Gasteiger partial charge < -0.3 is 15.2 Å². The van der Waals surface area contributed by atoms with Crippen LogP contribution in [-0.4, -0.2) is 30.8 Å². The van der Waals surface area contributed by atoms with E-state index < -0.39 is 0 Å². The Bertz CT molecular complexity index is 377. The quantitative estimate of drug-likeness (QED) is 0.552. The van der Waals surface area contributed by atoms with Crippen molar-refractivity contribution < 1.29 is 14.6 Å². The first-order chi connectivity index (χ1) is 8.22. The van der Waals surface area contributed by atoms with Gasteiger partial charge in [-0.1, -0.05) is 18.2 Å². The Morgan fingerprint density at radius 2 is 2.35 bits per heavy atom. The van der Waals surface area contributed by atoms with Crippen molar-refractivity contribution in [1.82, 2.24) is 5.32 Å². The van der Waals surface area contributed by atoms with E-state index in [0.717, 1.165) is 5.56 Å². The number of benzene rings is 1. The predicted octanol–water partition coefficient (Wildman–Crippen LogP) is 1.25. The minimum Gasteiger partial charge on any atom is -0.508 e. The van der Waals surface area contributed by atoms with Crippen LogP contribution in [0.25, 0.3) is 0 Å². The van der Waals surface area contributed by atoms with Crippen molar-refractivity contribution in [3.63, 3.8) is 0 Å². The monoisotopic (exact) mass is 235 g/mol. The lowest BCUT2D eigenvalue weighted by atomic mass is 10.1. The van der Waals surface area contributed by atoms with E-state index in [-0.39, 0.29) is 18.1 Å². The number of amides is 1. The number of nitrogens with one attached hydrogen (secondary N) is 1. The summed E-state index contributed by atoms with van der Waals surface area (Å²) in [6.45, 7) is 4.96. The zero-order valence-corrected chi connectivity index (χ0v) is 9.69. The van der Waals surface area contributed by atoms with E-state index in [0.29, 0.717) is 19.8 Å². The van der Waals surface area contributed by atoms with Crippen LogP contribution in [0.15, 0.2) is 36.9 Å². The number of phenolic OH excluding ortho intramolecular Hbond substituents is 1. The average molecular weight is 235 g/mol. The number of hydrogen-bond acceptors (Lipinski definition) is 3. The van der Waals surface area contributed by atoms with E-state index in [4.69, 9.17) is 4.74 Å². The molecular formula is C13H17NO3. The maximum absolute atomic E-state index is 11.5. The Hall–Kier alpha value is -1.81. The summed E-state index contributed by atoms with van der Waals surface area (Å²) in [5.74, 6) is 0.0856. The van der Waals surface area contributed by atoms with Gasteiger partial charge in [-0.2, -0.15) is 0 Å². The van der Waals surface area contributed by atoms with Crippen LogP contribution >= 0.6 is 0 Å². The molecule has 4 nitrogen and oxygen atoms in total. The summed E-state index contributed by atoms with van der Waals surface area (Å²) in [4.78, 5) is 11.5. The van der Waals surface area contributed by atoms with E-state index >= 15 is 0 Å². The highest BCUT2D eigenvalue weighted by atomic mass is 16.5. The molecule has 1 rings (SSSR count). The molecule has 4 heteroatoms. The highest BCUT2D eigenvalue weighted by molar-refractivity contribution is 5.78. The molecule has 1 amide bonds. The molecule has 1 aromatic carbocycles. The molecule has 0 atom stereocenters. The summed E-state index contributed by atoms with van der Waals surface area (Å²) in [6.07, 6.45) is 1.92. The van der Waals surface area contributed by atoms with Crippen LogP contribution in [0, 0.1) is 0 Å². The third kappa shape index (κ3) is 5.73. The lowest BCUT2D eigenvalue weighted by Crippen LogP contribution is -2.28. The lowest BCUT2D eigenvalue weighted by molar-refractivity contribution is -0.120. The first kappa shape index (κ1) is 13.3. The van der Waals surface area contributed by atoms with E-state index in [1.807, 2.05) is 0 Å². The smallest absolute Gasteiger partial charge is 0.224 e. The fraction of sp³-hybridized carbons (Fsp3) is 0.308. The molecule has 17 heavy (non-hydrogen) atoms. The van der Waals surface area contributed by atoms with E-state index in [2.05, 4.69) is 11.9 Å². The maximum Gasteiger partial charge on any atom is 0.224 e. The topological polar surface area (TPSA) is 58.6 Å². The molecule has 0 saturated heterocycles. The van der Waals surface area contributed by atoms with Crippen molar-refractivity contribution in [1.29, 1.82) is 0 Å². The summed E-state index contributed by atoms with van der Waals surface area (Å²) in [6, 6.07) is 6.66. The zero-order valence-electron chi connectivity index (χ0n) is 9.69. The highest BCUT2D eigenvalue weighted by Gasteiger charge is 2.02. The van der Waals surface area contributed by atoms with Gasteiger partial charge in [-0.25, -0.2) is 0 Å². The second-order valence-corrected chi connectivity index (χ2v) is 3.56. The number of rotatable bonds is 7. The Labute approximate surface area is 101 Å². The normalized spacial score (nSPS) is 9.88. The number of carbonyl (C=O) groups excluding carboxylic acids is 1. The zero-order chi connectivity index (χ0) is 12.5. The summed E-state index contributed by atoms with van der Waals surface area (Å²) in [5.41, 5.74) is 0.787. The van der Waals surface area contributed by atoms with Gasteiger partial charge in [-0.3, -0.25) is 4.79 Å². The molecule has 0 spiro atoms. The van der Waals surface area contributed by atoms with Gasteiger partial charge in [-0.05, 0) is 17.7 Å². The van der Waals surface area contributed by atoms with Gasteiger partial charge in [0, 0.05) is 6.54 Å². The summed E-state index contributed by atoms with van der Waals surface area (Å²) >= 11 is 0. The molecule has 0 aliphatic rings. The molecule has 0 aliphatic heterocycles. The van der Waals surface area contributed by atoms with Crippen LogP contribution < -0.4 is 5.32 Å². The van der Waals surface area contributed by atoms with E-state index in [9.17, 15) is 9.90 Å². The van der Waals surface area contributed by atoms with Gasteiger partial charge >= 0.3 is 0 Å². The molecule has 1 aromatic rings. The number of ether oxygens (including phenoxy) is 1. The van der Waals surface area contributed by atoms with Crippen LogP contribution in [0.1, 0.15) is 5.56 Å². The second kappa shape index (κ2) is 7.46. The Kier molecular flexibility index (Phi) is 5.82. The number of carbonyl (C=O) groups is 1. The van der Waals surface area contributed by atoms with Crippen LogP contribution in [0.5, 0.6) is 5.75 Å². The minimum absolute atomic E-state index is 0.0854. The van der Waals surface area contributed by atoms with Crippen LogP contribution in [-0.2, 0) is 16.0 Å². The van der Waals surface area contributed by atoms with Gasteiger partial charge in [0.25, 0.3) is 0 Å². The molecular weight excluding hydrogens is 218 g/mol. The Morgan fingerprint density at radius 1 is 1.53 bits per heavy atom. The Morgan fingerprint density at radius 3 is 3.06 bits per heavy atom. The van der Waals surface area contributed by atoms with Gasteiger partial charge in [0.05, 0.1) is 19.6 Å². The average Bonchev–Trinajstić information content (AvgIpc) is 2.29. The first-order valence-corrected chi connectivity index (χ1v) is 5.45. The third-order valence-corrected chi connectivity index (χ3v) is 2.08. The molecule has 0 unspecified atom stereocenters. The van der Waals surface area contributed by atoms with Crippen LogP contribution in [0.2, 0.25) is 0 Å². The SMILES string of the molecule is C=CCOCCNC(=O)Cc1cccc(O)c1. The van der Waals surface area contributed by atoms with Crippen molar-refractivity contribution in [3.05, 3.63) is 42.5 Å². The molecule has 0 radical (unpaired) electrons. The molecule has 0 bridgehead atoms. The highest BCUT2D eigenvalue weighted by Crippen LogP contribution is 2.10. The predicted molar refractivity (Wildman–Crippen MR) is 65.8 cm³/mol. The van der Waals surface area contributed by atoms with Crippen molar-refractivity contribution in [2.24, 2.45) is 0 Å². The van der Waals surface area contributed by atoms with Gasteiger partial charge in [0.2, 0.25) is 5.91 Å². The standard InChI is InChI=1S/C13H17NO3/c1-2-7-17-8-6-14-13(16)10-11-4-3-5-12(15)9-11/h2-5,9,15H,1,6-8,10H2,(H,14,16). The fourth-order valence-corrected chi connectivity index (χ4v) is 1.34. The summed E-state index contributed by atoms with van der Waals surface area (Å²) in [5, 5.41) is 12.0. The molecule has 0 aliphatic carbocycles. The molecule has 2 N–H and O–H groups in total. The van der Waals surface area contributed by atoms with Crippen molar-refractivity contribution in [2.45, 2.75) is 6.42 Å². The van der Waals surface area contributed by atoms with Gasteiger partial charge in [0.1, 0.15) is 5.75 Å². The third-order valence-electron chi connectivity index (χ3n) is 2.08. The minimum atomic E-state index is -0.0854. The van der Waals surface area contributed by atoms with E-state index in [1.54, 1.807) is 30.3 Å². The first-order valence-electron chi connectivity index (χ1n) is 5.45. The van der Waals surface area contributed by atoms with Crippen LogP contribution in [0.3, 0.4) is 0 Å². The number of hydrogen-bond donors (Lipinski definition) is 2. The second-order valence-electron chi connectivity index (χ2n) is 3.56. The van der Waals surface area contributed by atoms with Crippen LogP contribution in [0.4, 0.5) is 0 Å². The largest absolute Gasteiger partial charge is 0.508 e. The van der Waals surface area contributed by atoms with Crippen molar-refractivity contribution in [3.8, 4) is 5.75 Å². The Balaban J connectivity index is 2.23. The molecule has 0 fully saturated rings. The fourth-order valence-electron chi connectivity index (χ4n) is 1.34. The number of phenols is 1. The molecule has 0 aromatic heterocycles. The van der Waals surface area contributed by atoms with E-state index in [1.165, 1.54) is 0 Å². The number of aromatic hydroxyl groups is 1. The molecule has 92 valence electrons. The van der Waals surface area contributed by atoms with Crippen molar-refractivity contribution >= 4 is 5.91 Å².